The summed E-state index contributed by atoms with van der Waals surface area (Å²) in [7, 11) is -4.69. The van der Waals surface area contributed by atoms with Crippen molar-refractivity contribution in [3.8, 4) is 0 Å². The van der Waals surface area contributed by atoms with Gasteiger partial charge in [0, 0.05) is 13.0 Å². The van der Waals surface area contributed by atoms with E-state index in [0.717, 1.165) is 25.1 Å². The van der Waals surface area contributed by atoms with Gasteiger partial charge < -0.3 is 9.87 Å². The van der Waals surface area contributed by atoms with Crippen molar-refractivity contribution in [2.24, 2.45) is 0 Å². The molecule has 0 bridgehead atoms. The number of rotatable bonds is 2. The number of diazo groups is 1. The van der Waals surface area contributed by atoms with Crippen LogP contribution in [-0.2, 0) is 14.9 Å². The van der Waals surface area contributed by atoms with E-state index < -0.39 is 20.9 Å². The lowest BCUT2D eigenvalue weighted by Crippen LogP contribution is -2.10. The average Bonchev–Trinajstić information content (AvgIpc) is 2.14. The normalized spacial score (nSPS) is 10.6. The van der Waals surface area contributed by atoms with Crippen LogP contribution in [0.1, 0.15) is 6.92 Å². The topological polar surface area (TPSA) is 114 Å². The van der Waals surface area contributed by atoms with Crippen LogP contribution in [0.4, 0.5) is 11.4 Å². The summed E-state index contributed by atoms with van der Waals surface area (Å²) in [4.78, 5) is 13.0. The van der Waals surface area contributed by atoms with E-state index >= 15 is 0 Å². The summed E-state index contributed by atoms with van der Waals surface area (Å²) in [6.45, 7) is 1.16. The molecule has 0 spiro atoms. The van der Waals surface area contributed by atoms with Crippen LogP contribution in [0.3, 0.4) is 0 Å². The lowest BCUT2D eigenvalue weighted by Gasteiger charge is -2.11. The molecule has 1 amide bonds. The molecule has 16 heavy (non-hydrogen) atoms. The van der Waals surface area contributed by atoms with Crippen molar-refractivity contribution >= 4 is 27.4 Å². The fourth-order valence-corrected chi connectivity index (χ4v) is 1.70. The summed E-state index contributed by atoms with van der Waals surface area (Å²) in [6.07, 6.45) is 0. The van der Waals surface area contributed by atoms with E-state index in [-0.39, 0.29) is 11.4 Å². The van der Waals surface area contributed by atoms with Gasteiger partial charge in [0.05, 0.1) is 16.6 Å². The van der Waals surface area contributed by atoms with Gasteiger partial charge in [-0.2, -0.15) is 0 Å². The fourth-order valence-electron chi connectivity index (χ4n) is 1.09. The van der Waals surface area contributed by atoms with E-state index in [4.69, 9.17) is 5.39 Å². The highest BCUT2D eigenvalue weighted by molar-refractivity contribution is 7.86. The maximum absolute atomic E-state index is 10.8. The highest BCUT2D eigenvalue weighted by atomic mass is 32.2. The minimum atomic E-state index is -4.69. The van der Waals surface area contributed by atoms with Crippen LogP contribution in [0.5, 0.6) is 0 Å². The van der Waals surface area contributed by atoms with E-state index in [2.05, 4.69) is 10.3 Å². The molecule has 1 N–H and O–H groups in total. The highest BCUT2D eigenvalue weighted by Crippen LogP contribution is 2.26. The number of hydrogen-bond donors (Lipinski definition) is 1. The Morgan fingerprint density at radius 1 is 1.50 bits per heavy atom. The monoisotopic (exact) mass is 241 g/mol. The predicted octanol–water partition coefficient (Wildman–Crippen LogP) is 1.03. The Kier molecular flexibility index (Phi) is 3.22. The van der Waals surface area contributed by atoms with E-state index in [1.807, 2.05) is 0 Å². The second kappa shape index (κ2) is 4.26. The molecule has 0 aliphatic carbocycles. The van der Waals surface area contributed by atoms with Gasteiger partial charge >= 0.3 is 5.69 Å². The molecular weight excluding hydrogens is 234 g/mol. The van der Waals surface area contributed by atoms with Gasteiger partial charge in [0.25, 0.3) is 0 Å². The molecule has 0 aromatic heterocycles. The summed E-state index contributed by atoms with van der Waals surface area (Å²) in [5, 5.41) is 10.6. The number of anilines is 1. The third-order valence-corrected chi connectivity index (χ3v) is 2.55. The Morgan fingerprint density at radius 2 is 2.12 bits per heavy atom. The average molecular weight is 241 g/mol. The van der Waals surface area contributed by atoms with Crippen LogP contribution in [-0.4, -0.2) is 18.9 Å². The summed E-state index contributed by atoms with van der Waals surface area (Å²) < 4.78 is 32.5. The van der Waals surface area contributed by atoms with Crippen molar-refractivity contribution in [1.29, 1.82) is 5.39 Å². The zero-order chi connectivity index (χ0) is 12.3. The lowest BCUT2D eigenvalue weighted by molar-refractivity contribution is -0.114. The molecule has 1 rings (SSSR count). The van der Waals surface area contributed by atoms with Crippen LogP contribution in [0.15, 0.2) is 23.1 Å². The van der Waals surface area contributed by atoms with Gasteiger partial charge in [-0.15, -0.1) is 0 Å². The lowest BCUT2D eigenvalue weighted by atomic mass is 10.3. The Morgan fingerprint density at radius 3 is 2.56 bits per heavy atom. The molecule has 0 atom stereocenters. The minimum Gasteiger partial charge on any atom is -0.744 e. The largest absolute Gasteiger partial charge is 0.744 e. The van der Waals surface area contributed by atoms with Crippen molar-refractivity contribution in [2.75, 3.05) is 5.32 Å². The van der Waals surface area contributed by atoms with Crippen LogP contribution in [0.25, 0.3) is 4.98 Å². The van der Waals surface area contributed by atoms with Crippen molar-refractivity contribution in [3.05, 3.63) is 23.2 Å². The molecule has 0 saturated carbocycles. The second-order valence-corrected chi connectivity index (χ2v) is 4.26. The Hall–Kier alpha value is -1.98. The molecule has 0 fully saturated rings. The van der Waals surface area contributed by atoms with Gasteiger partial charge in [0.2, 0.25) is 11.3 Å². The summed E-state index contributed by atoms with van der Waals surface area (Å²) in [6, 6.07) is 3.17. The number of amides is 1. The summed E-state index contributed by atoms with van der Waals surface area (Å²) in [5.41, 5.74) is -0.186. The third kappa shape index (κ3) is 2.75. The number of benzene rings is 1. The predicted molar refractivity (Wildman–Crippen MR) is 53.5 cm³/mol. The molecule has 7 nitrogen and oxygen atoms in total. The molecule has 0 saturated heterocycles. The number of hydrogen-bond acceptors (Lipinski definition) is 5. The van der Waals surface area contributed by atoms with E-state index in [1.165, 1.54) is 0 Å². The van der Waals surface area contributed by atoms with Crippen molar-refractivity contribution in [1.82, 2.24) is 0 Å². The number of nitrogens with one attached hydrogen (secondary N) is 1. The van der Waals surface area contributed by atoms with Gasteiger partial charge in [-0.25, -0.2) is 8.42 Å². The minimum absolute atomic E-state index is 0.0242. The van der Waals surface area contributed by atoms with Crippen molar-refractivity contribution in [3.63, 3.8) is 0 Å². The molecule has 0 aliphatic heterocycles. The Balaban J connectivity index is 3.40. The highest BCUT2D eigenvalue weighted by Gasteiger charge is 2.15. The fraction of sp³-hybridized carbons (Fsp3) is 0.125. The summed E-state index contributed by atoms with van der Waals surface area (Å²) in [5.74, 6) is -0.542. The molecule has 8 heteroatoms. The first-order valence-corrected chi connectivity index (χ1v) is 5.48. The van der Waals surface area contributed by atoms with E-state index in [1.54, 1.807) is 0 Å². The SMILES string of the molecule is CC(=O)Nc1cc([N+]#N)ccc1S(=O)(=O)[O-]. The summed E-state index contributed by atoms with van der Waals surface area (Å²) >= 11 is 0. The zero-order valence-electron chi connectivity index (χ0n) is 8.17. The molecule has 1 aromatic rings. The van der Waals surface area contributed by atoms with Gasteiger partial charge in [0.1, 0.15) is 10.1 Å². The van der Waals surface area contributed by atoms with Gasteiger partial charge in [-0.3, -0.25) is 4.79 Å². The molecule has 1 aromatic carbocycles. The van der Waals surface area contributed by atoms with Crippen molar-refractivity contribution < 1.29 is 17.8 Å². The third-order valence-electron chi connectivity index (χ3n) is 1.66. The molecule has 0 heterocycles. The maximum atomic E-state index is 10.8. The Bertz CT molecular complexity index is 573. The first-order valence-electron chi connectivity index (χ1n) is 4.07. The van der Waals surface area contributed by atoms with Crippen LogP contribution < -0.4 is 5.32 Å². The first kappa shape index (κ1) is 12.1. The van der Waals surface area contributed by atoms with E-state index in [0.29, 0.717) is 0 Å². The van der Waals surface area contributed by atoms with Crippen LogP contribution >= 0.6 is 0 Å². The smallest absolute Gasteiger partial charge is 0.387 e. The van der Waals surface area contributed by atoms with Crippen LogP contribution in [0.2, 0.25) is 0 Å². The number of carbonyl (C=O) groups excluding carboxylic acids is 1. The quantitative estimate of drug-likeness (QED) is 0.613. The maximum Gasteiger partial charge on any atom is 0.387 e. The van der Waals surface area contributed by atoms with Gasteiger partial charge in [0.15, 0.2) is 4.98 Å². The van der Waals surface area contributed by atoms with Gasteiger partial charge in [-0.05, 0) is 6.07 Å². The van der Waals surface area contributed by atoms with E-state index in [9.17, 15) is 17.8 Å². The molecule has 0 radical (unpaired) electrons. The Labute approximate surface area is 91.5 Å². The number of carbonyl (C=O) groups is 1. The molecule has 84 valence electrons. The standard InChI is InChI=1S/C8H7N3O4S/c1-5(12)10-7-4-6(11-9)2-3-8(7)16(13,14)15/h2-4H,1H3,(H-,10,12,13,14,15). The molecular formula is C8H7N3O4S. The molecule has 0 unspecified atom stereocenters. The van der Waals surface area contributed by atoms with Crippen LogP contribution in [0, 0.1) is 5.39 Å². The number of nitrogens with zero attached hydrogens (tertiary/aromatic N) is 2. The van der Waals surface area contributed by atoms with Crippen molar-refractivity contribution in [2.45, 2.75) is 11.8 Å². The zero-order valence-corrected chi connectivity index (χ0v) is 8.98. The van der Waals surface area contributed by atoms with Gasteiger partial charge in [-0.1, -0.05) is 0 Å². The first-order chi connectivity index (χ1) is 7.34. The molecule has 0 aliphatic rings. The second-order valence-electron chi connectivity index (χ2n) is 2.92.